The molecule has 0 fully saturated rings. The monoisotopic (exact) mass is 424 g/mol. The molecule has 0 radical (unpaired) electrons. The van der Waals surface area contributed by atoms with Gasteiger partial charge in [-0.2, -0.15) is 9.61 Å². The summed E-state index contributed by atoms with van der Waals surface area (Å²) in [5.74, 6) is 0.306. The highest BCUT2D eigenvalue weighted by atomic mass is 32.1. The summed E-state index contributed by atoms with van der Waals surface area (Å²) < 4.78 is 7.01. The van der Waals surface area contributed by atoms with Crippen LogP contribution < -0.4 is 10.1 Å². The van der Waals surface area contributed by atoms with Crippen molar-refractivity contribution in [1.82, 2.24) is 19.8 Å². The highest BCUT2D eigenvalue weighted by Gasteiger charge is 2.16. The number of nitro benzene ring substituents is 1. The number of hydrogen-bond donors (Lipinski definition) is 1. The Hall–Kier alpha value is -3.86. The maximum Gasteiger partial charge on any atom is 0.310 e. The Bertz CT molecular complexity index is 1270. The third-order valence-corrected chi connectivity index (χ3v) is 5.27. The Labute approximate surface area is 174 Å². The molecule has 0 aliphatic carbocycles. The number of aromatic nitrogens is 4. The number of carbonyl (C=O) groups is 1. The Morgan fingerprint density at radius 3 is 2.80 bits per heavy atom. The molecule has 0 atom stereocenters. The van der Waals surface area contributed by atoms with Gasteiger partial charge in [0.2, 0.25) is 4.96 Å². The number of nitrogens with one attached hydrogen (secondary N) is 1. The molecule has 0 unspecified atom stereocenters. The van der Waals surface area contributed by atoms with Gasteiger partial charge in [0.15, 0.2) is 18.2 Å². The zero-order chi connectivity index (χ0) is 21.3. The van der Waals surface area contributed by atoms with Crippen LogP contribution in [0.5, 0.6) is 5.75 Å². The molecule has 152 valence electrons. The van der Waals surface area contributed by atoms with E-state index in [1.54, 1.807) is 10.6 Å². The summed E-state index contributed by atoms with van der Waals surface area (Å²) in [4.78, 5) is 23.6. The van der Waals surface area contributed by atoms with Crippen molar-refractivity contribution in [1.29, 1.82) is 0 Å². The van der Waals surface area contributed by atoms with Gasteiger partial charge < -0.3 is 10.1 Å². The number of carbonyl (C=O) groups excluding carboxylic acids is 1. The zero-order valence-electron chi connectivity index (χ0n) is 16.0. The molecule has 11 heteroatoms. The fraction of sp³-hybridized carbons (Fsp3) is 0.158. The summed E-state index contributed by atoms with van der Waals surface area (Å²) in [6.07, 6.45) is 0. The second-order valence-corrected chi connectivity index (χ2v) is 7.40. The first-order valence-electron chi connectivity index (χ1n) is 8.88. The predicted molar refractivity (Wildman–Crippen MR) is 111 cm³/mol. The lowest BCUT2D eigenvalue weighted by molar-refractivity contribution is -0.385. The van der Waals surface area contributed by atoms with E-state index in [0.29, 0.717) is 16.5 Å². The van der Waals surface area contributed by atoms with Gasteiger partial charge in [0.25, 0.3) is 5.91 Å². The lowest BCUT2D eigenvalue weighted by Crippen LogP contribution is -2.21. The van der Waals surface area contributed by atoms with Crippen molar-refractivity contribution in [3.63, 3.8) is 0 Å². The normalized spacial score (nSPS) is 10.9. The van der Waals surface area contributed by atoms with Crippen LogP contribution in [0, 0.1) is 24.0 Å². The van der Waals surface area contributed by atoms with E-state index in [-0.39, 0.29) is 18.0 Å². The summed E-state index contributed by atoms with van der Waals surface area (Å²) >= 11 is 1.39. The summed E-state index contributed by atoms with van der Waals surface area (Å²) in [6.45, 7) is 3.33. The minimum atomic E-state index is -0.553. The number of aryl methyl sites for hydroxylation is 2. The number of fused-ring (bicyclic) bond motifs is 1. The fourth-order valence-electron chi connectivity index (χ4n) is 2.78. The van der Waals surface area contributed by atoms with Crippen molar-refractivity contribution in [3.8, 4) is 16.3 Å². The van der Waals surface area contributed by atoms with Crippen molar-refractivity contribution in [3.05, 3.63) is 64.0 Å². The van der Waals surface area contributed by atoms with Gasteiger partial charge >= 0.3 is 5.69 Å². The predicted octanol–water partition coefficient (Wildman–Crippen LogP) is 3.40. The van der Waals surface area contributed by atoms with E-state index in [9.17, 15) is 14.9 Å². The van der Waals surface area contributed by atoms with Crippen LogP contribution in [0.1, 0.15) is 11.4 Å². The Kier molecular flexibility index (Phi) is 5.11. The first-order chi connectivity index (χ1) is 14.4. The van der Waals surface area contributed by atoms with Crippen LogP contribution in [0.2, 0.25) is 0 Å². The molecule has 4 rings (SSSR count). The minimum Gasteiger partial charge on any atom is -0.477 e. The molecule has 0 saturated carbocycles. The van der Waals surface area contributed by atoms with Gasteiger partial charge in [-0.05, 0) is 31.5 Å². The van der Waals surface area contributed by atoms with E-state index in [1.165, 1.54) is 29.5 Å². The highest BCUT2D eigenvalue weighted by molar-refractivity contribution is 7.19. The number of rotatable bonds is 6. The molecule has 0 aliphatic rings. The highest BCUT2D eigenvalue weighted by Crippen LogP contribution is 2.29. The molecular formula is C19H16N6O4S. The molecule has 1 N–H and O–H groups in total. The minimum absolute atomic E-state index is 0.0400. The van der Waals surface area contributed by atoms with E-state index >= 15 is 0 Å². The van der Waals surface area contributed by atoms with Gasteiger partial charge in [-0.3, -0.25) is 14.9 Å². The van der Waals surface area contributed by atoms with E-state index < -0.39 is 10.8 Å². The van der Waals surface area contributed by atoms with Crippen LogP contribution >= 0.6 is 11.3 Å². The quantitative estimate of drug-likeness (QED) is 0.371. The maximum absolute atomic E-state index is 12.4. The van der Waals surface area contributed by atoms with Gasteiger partial charge in [0.1, 0.15) is 5.01 Å². The number of para-hydroxylation sites is 2. The lowest BCUT2D eigenvalue weighted by Gasteiger charge is -2.11. The molecule has 0 aliphatic heterocycles. The molecular weight excluding hydrogens is 408 g/mol. The molecule has 0 bridgehead atoms. The van der Waals surface area contributed by atoms with Gasteiger partial charge in [-0.25, -0.2) is 0 Å². The first kappa shape index (κ1) is 19.5. The number of ether oxygens (including phenoxy) is 1. The number of nitro groups is 1. The first-order valence-corrected chi connectivity index (χ1v) is 9.70. The molecule has 2 aromatic carbocycles. The molecule has 0 saturated heterocycles. The third kappa shape index (κ3) is 3.82. The van der Waals surface area contributed by atoms with E-state index in [0.717, 1.165) is 16.1 Å². The van der Waals surface area contributed by atoms with E-state index in [1.807, 2.05) is 32.0 Å². The van der Waals surface area contributed by atoms with Gasteiger partial charge in [-0.1, -0.05) is 35.6 Å². The largest absolute Gasteiger partial charge is 0.477 e. The van der Waals surface area contributed by atoms with Crippen LogP contribution in [-0.2, 0) is 4.79 Å². The number of nitrogens with zero attached hydrogens (tertiary/aromatic N) is 5. The molecule has 4 aromatic rings. The van der Waals surface area contributed by atoms with Crippen molar-refractivity contribution >= 4 is 33.6 Å². The Morgan fingerprint density at radius 1 is 1.23 bits per heavy atom. The number of hydrogen-bond acceptors (Lipinski definition) is 8. The zero-order valence-corrected chi connectivity index (χ0v) is 16.8. The summed E-state index contributed by atoms with van der Waals surface area (Å²) in [6, 6.07) is 11.5. The topological polar surface area (TPSA) is 125 Å². The maximum atomic E-state index is 12.4. The van der Waals surface area contributed by atoms with Crippen molar-refractivity contribution in [2.24, 2.45) is 0 Å². The van der Waals surface area contributed by atoms with Crippen LogP contribution in [0.25, 0.3) is 15.5 Å². The van der Waals surface area contributed by atoms with Crippen molar-refractivity contribution in [2.45, 2.75) is 13.8 Å². The molecule has 2 heterocycles. The van der Waals surface area contributed by atoms with Gasteiger partial charge in [-0.15, -0.1) is 10.2 Å². The van der Waals surface area contributed by atoms with Crippen LogP contribution in [0.3, 0.4) is 0 Å². The number of benzene rings is 2. The van der Waals surface area contributed by atoms with Crippen LogP contribution in [0.4, 0.5) is 11.4 Å². The SMILES string of the molecule is Cc1ccc(-c2nn3c(C)nnc3s2)cc1NC(=O)COc1ccccc1[N+](=O)[O-]. The van der Waals surface area contributed by atoms with E-state index in [4.69, 9.17) is 4.74 Å². The second kappa shape index (κ2) is 7.87. The van der Waals surface area contributed by atoms with Crippen molar-refractivity contribution in [2.75, 3.05) is 11.9 Å². The number of anilines is 1. The van der Waals surface area contributed by atoms with Crippen molar-refractivity contribution < 1.29 is 14.5 Å². The summed E-state index contributed by atoms with van der Waals surface area (Å²) in [7, 11) is 0. The average Bonchev–Trinajstić information content (AvgIpc) is 3.30. The second-order valence-electron chi connectivity index (χ2n) is 6.44. The lowest BCUT2D eigenvalue weighted by atomic mass is 10.1. The average molecular weight is 424 g/mol. The Morgan fingerprint density at radius 2 is 2.03 bits per heavy atom. The van der Waals surface area contributed by atoms with E-state index in [2.05, 4.69) is 20.6 Å². The smallest absolute Gasteiger partial charge is 0.310 e. The third-order valence-electron chi connectivity index (χ3n) is 4.33. The molecule has 1 amide bonds. The number of amides is 1. The standard InChI is InChI=1S/C19H16N6O4S/c1-11-7-8-13(18-23-24-12(2)21-22-19(24)30-18)9-14(11)20-17(26)10-29-16-6-4-3-5-15(16)25(27)28/h3-9H,10H2,1-2H3,(H,20,26). The van der Waals surface area contributed by atoms with Gasteiger partial charge in [0.05, 0.1) is 4.92 Å². The molecule has 30 heavy (non-hydrogen) atoms. The summed E-state index contributed by atoms with van der Waals surface area (Å²) in [5, 5.41) is 27.1. The summed E-state index contributed by atoms with van der Waals surface area (Å²) in [5.41, 5.74) is 2.09. The Balaban J connectivity index is 1.50. The van der Waals surface area contributed by atoms with Gasteiger partial charge in [0, 0.05) is 17.3 Å². The van der Waals surface area contributed by atoms with Crippen LogP contribution in [0.15, 0.2) is 42.5 Å². The molecule has 0 spiro atoms. The van der Waals surface area contributed by atoms with Crippen LogP contribution in [-0.4, -0.2) is 37.2 Å². The molecule has 2 aromatic heterocycles. The fourth-order valence-corrected chi connectivity index (χ4v) is 3.66. The molecule has 10 nitrogen and oxygen atoms in total.